The maximum atomic E-state index is 11.9. The van der Waals surface area contributed by atoms with Gasteiger partial charge in [-0.3, -0.25) is 4.79 Å². The van der Waals surface area contributed by atoms with Crippen molar-refractivity contribution >= 4 is 27.5 Å². The summed E-state index contributed by atoms with van der Waals surface area (Å²) in [6.45, 7) is 2.97. The van der Waals surface area contributed by atoms with Gasteiger partial charge in [-0.05, 0) is 31.0 Å². The molecule has 1 amide bonds. The molecule has 0 aliphatic carbocycles. The largest absolute Gasteiger partial charge is 1.00 e. The predicted octanol–water partition coefficient (Wildman–Crippen LogP) is 0.858. The van der Waals surface area contributed by atoms with E-state index in [4.69, 9.17) is 0 Å². The minimum atomic E-state index is 0. The van der Waals surface area contributed by atoms with Crippen molar-refractivity contribution in [2.75, 3.05) is 5.32 Å². The van der Waals surface area contributed by atoms with Gasteiger partial charge >= 0.3 is 0 Å². The fourth-order valence-corrected chi connectivity index (χ4v) is 2.44. The fraction of sp³-hybridized carbons (Fsp3) is 0.294. The van der Waals surface area contributed by atoms with Gasteiger partial charge in [0.2, 0.25) is 5.91 Å². The summed E-state index contributed by atoms with van der Waals surface area (Å²) in [4.78, 5) is 11.9. The monoisotopic (exact) mass is 426 g/mol. The SMILES string of the molecule is Cc1ccc(NC(=O)CCCC[n+]2ccccc2)cc1Br.[Br-]. The molecule has 22 heavy (non-hydrogen) atoms. The molecule has 0 radical (unpaired) electrons. The Morgan fingerprint density at radius 2 is 1.91 bits per heavy atom. The van der Waals surface area contributed by atoms with E-state index in [2.05, 4.69) is 25.8 Å². The molecular formula is C17H20Br2N2O. The van der Waals surface area contributed by atoms with E-state index >= 15 is 0 Å². The second-order valence-corrected chi connectivity index (χ2v) is 5.94. The number of amides is 1. The number of halogens is 2. The number of nitrogens with zero attached hydrogens (tertiary/aromatic N) is 1. The number of hydrogen-bond donors (Lipinski definition) is 1. The van der Waals surface area contributed by atoms with Crippen LogP contribution in [0.5, 0.6) is 0 Å². The van der Waals surface area contributed by atoms with Crippen LogP contribution in [0.4, 0.5) is 5.69 Å². The van der Waals surface area contributed by atoms with E-state index in [1.54, 1.807) is 0 Å². The number of aryl methyl sites for hydroxylation is 2. The molecule has 0 spiro atoms. The molecule has 5 heteroatoms. The van der Waals surface area contributed by atoms with Crippen LogP contribution in [0.1, 0.15) is 24.8 Å². The molecule has 0 saturated carbocycles. The number of pyridine rings is 1. The van der Waals surface area contributed by atoms with Gasteiger partial charge < -0.3 is 22.3 Å². The molecular weight excluding hydrogens is 408 g/mol. The first-order valence-electron chi connectivity index (χ1n) is 7.15. The molecule has 118 valence electrons. The van der Waals surface area contributed by atoms with E-state index in [9.17, 15) is 4.79 Å². The zero-order chi connectivity index (χ0) is 15.1. The van der Waals surface area contributed by atoms with E-state index in [1.165, 1.54) is 0 Å². The van der Waals surface area contributed by atoms with Crippen molar-refractivity contribution in [2.45, 2.75) is 32.7 Å². The number of benzene rings is 1. The summed E-state index contributed by atoms with van der Waals surface area (Å²) in [5.41, 5.74) is 2.00. The Bertz CT molecular complexity index is 603. The molecule has 1 N–H and O–H groups in total. The average molecular weight is 428 g/mol. The van der Waals surface area contributed by atoms with Crippen LogP contribution >= 0.6 is 15.9 Å². The number of unbranched alkanes of at least 4 members (excludes halogenated alkanes) is 1. The van der Waals surface area contributed by atoms with Gasteiger partial charge in [0.25, 0.3) is 0 Å². The van der Waals surface area contributed by atoms with Gasteiger partial charge in [-0.1, -0.05) is 28.1 Å². The summed E-state index contributed by atoms with van der Waals surface area (Å²) in [6.07, 6.45) is 6.53. The number of hydrogen-bond acceptors (Lipinski definition) is 1. The normalized spacial score (nSPS) is 9.91. The van der Waals surface area contributed by atoms with Crippen LogP contribution in [0.25, 0.3) is 0 Å². The van der Waals surface area contributed by atoms with Crippen LogP contribution in [-0.2, 0) is 11.3 Å². The smallest absolute Gasteiger partial charge is 0.224 e. The molecule has 2 aromatic rings. The number of aromatic nitrogens is 1. The highest BCUT2D eigenvalue weighted by Gasteiger charge is 2.05. The molecule has 0 unspecified atom stereocenters. The third kappa shape index (κ3) is 6.28. The van der Waals surface area contributed by atoms with Gasteiger partial charge in [0, 0.05) is 35.1 Å². The van der Waals surface area contributed by atoms with Gasteiger partial charge in [0.15, 0.2) is 12.4 Å². The summed E-state index contributed by atoms with van der Waals surface area (Å²) in [5, 5.41) is 2.93. The van der Waals surface area contributed by atoms with Crippen molar-refractivity contribution in [3.05, 3.63) is 58.8 Å². The Morgan fingerprint density at radius 1 is 1.18 bits per heavy atom. The molecule has 1 aromatic carbocycles. The van der Waals surface area contributed by atoms with E-state index in [0.29, 0.717) is 6.42 Å². The van der Waals surface area contributed by atoms with E-state index in [0.717, 1.165) is 35.1 Å². The number of nitrogens with one attached hydrogen (secondary N) is 1. The van der Waals surface area contributed by atoms with Gasteiger partial charge in [0.1, 0.15) is 6.54 Å². The Morgan fingerprint density at radius 3 is 2.59 bits per heavy atom. The Balaban J connectivity index is 0.00000242. The lowest BCUT2D eigenvalue weighted by Crippen LogP contribution is -3.00. The second-order valence-electron chi connectivity index (χ2n) is 5.08. The summed E-state index contributed by atoms with van der Waals surface area (Å²) >= 11 is 3.47. The molecule has 0 fully saturated rings. The molecule has 1 aromatic heterocycles. The molecule has 3 nitrogen and oxygen atoms in total. The van der Waals surface area contributed by atoms with Crippen molar-refractivity contribution in [3.63, 3.8) is 0 Å². The Hall–Kier alpha value is -1.20. The molecule has 0 aliphatic rings. The quantitative estimate of drug-likeness (QED) is 0.538. The number of anilines is 1. The highest BCUT2D eigenvalue weighted by Crippen LogP contribution is 2.20. The number of rotatable bonds is 6. The van der Waals surface area contributed by atoms with E-state index in [1.807, 2.05) is 55.7 Å². The first-order chi connectivity index (χ1) is 10.1. The number of carbonyl (C=O) groups is 1. The first-order valence-corrected chi connectivity index (χ1v) is 7.94. The van der Waals surface area contributed by atoms with Crippen molar-refractivity contribution in [1.29, 1.82) is 0 Å². The second kappa shape index (κ2) is 9.74. The molecule has 0 aliphatic heterocycles. The fourth-order valence-electron chi connectivity index (χ4n) is 2.06. The Labute approximate surface area is 150 Å². The molecule has 2 rings (SSSR count). The third-order valence-corrected chi connectivity index (χ3v) is 4.16. The van der Waals surface area contributed by atoms with E-state index < -0.39 is 0 Å². The van der Waals surface area contributed by atoms with E-state index in [-0.39, 0.29) is 22.9 Å². The topological polar surface area (TPSA) is 33.0 Å². The van der Waals surface area contributed by atoms with Crippen molar-refractivity contribution in [3.8, 4) is 0 Å². The summed E-state index contributed by atoms with van der Waals surface area (Å²) < 4.78 is 3.15. The standard InChI is InChI=1S/C17H19BrN2O.BrH/c1-14-8-9-15(13-16(14)18)19-17(21)7-3-6-12-20-10-4-2-5-11-20;/h2,4-5,8-11,13H,3,6-7,12H2,1H3;1H. The third-order valence-electron chi connectivity index (χ3n) is 3.30. The minimum absolute atomic E-state index is 0. The van der Waals surface area contributed by atoms with Gasteiger partial charge in [-0.2, -0.15) is 0 Å². The lowest BCUT2D eigenvalue weighted by molar-refractivity contribution is -0.697. The zero-order valence-corrected chi connectivity index (χ0v) is 15.7. The van der Waals surface area contributed by atoms with Crippen LogP contribution in [-0.4, -0.2) is 5.91 Å². The highest BCUT2D eigenvalue weighted by atomic mass is 79.9. The minimum Gasteiger partial charge on any atom is -1.00 e. The van der Waals surface area contributed by atoms with Crippen molar-refractivity contribution in [2.24, 2.45) is 0 Å². The highest BCUT2D eigenvalue weighted by molar-refractivity contribution is 9.10. The number of carbonyl (C=O) groups excluding carboxylic acids is 1. The molecule has 0 bridgehead atoms. The molecule has 0 saturated heterocycles. The first kappa shape index (κ1) is 18.8. The molecule has 1 heterocycles. The maximum absolute atomic E-state index is 11.9. The van der Waals surface area contributed by atoms with Crippen LogP contribution < -0.4 is 26.9 Å². The molecule has 0 atom stereocenters. The summed E-state index contributed by atoms with van der Waals surface area (Å²) in [7, 11) is 0. The average Bonchev–Trinajstić information content (AvgIpc) is 2.49. The van der Waals surface area contributed by atoms with Gasteiger partial charge in [0.05, 0.1) is 0 Å². The zero-order valence-electron chi connectivity index (χ0n) is 12.6. The van der Waals surface area contributed by atoms with Gasteiger partial charge in [-0.25, -0.2) is 4.57 Å². The predicted molar refractivity (Wildman–Crippen MR) is 88.0 cm³/mol. The van der Waals surface area contributed by atoms with Crippen molar-refractivity contribution < 1.29 is 26.3 Å². The maximum Gasteiger partial charge on any atom is 0.224 e. The lowest BCUT2D eigenvalue weighted by atomic mass is 10.2. The Kier molecular flexibility index (Phi) is 8.35. The van der Waals surface area contributed by atoms with Crippen LogP contribution in [0, 0.1) is 6.92 Å². The summed E-state index contributed by atoms with van der Waals surface area (Å²) in [6, 6.07) is 11.9. The van der Waals surface area contributed by atoms with Crippen molar-refractivity contribution in [1.82, 2.24) is 0 Å². The van der Waals surface area contributed by atoms with Crippen LogP contribution in [0.2, 0.25) is 0 Å². The van der Waals surface area contributed by atoms with Gasteiger partial charge in [-0.15, -0.1) is 0 Å². The van der Waals surface area contributed by atoms with Crippen LogP contribution in [0.15, 0.2) is 53.3 Å². The van der Waals surface area contributed by atoms with Crippen LogP contribution in [0.3, 0.4) is 0 Å². The lowest BCUT2D eigenvalue weighted by Gasteiger charge is -2.06. The summed E-state index contributed by atoms with van der Waals surface area (Å²) in [5.74, 6) is 0.0730.